The standard InChI is InChI=1S/C12H15BrFNO/c1-3-7-15(4-2)12(16)9-5-6-11(14)10(13)8-9/h5-6,8H,3-4,7H2,1-2H3. The van der Waals surface area contributed by atoms with Gasteiger partial charge in [-0.15, -0.1) is 0 Å². The summed E-state index contributed by atoms with van der Waals surface area (Å²) in [5, 5.41) is 0. The van der Waals surface area contributed by atoms with Gasteiger partial charge in [-0.1, -0.05) is 6.92 Å². The van der Waals surface area contributed by atoms with Gasteiger partial charge in [-0.25, -0.2) is 4.39 Å². The molecule has 0 aliphatic carbocycles. The molecule has 0 saturated heterocycles. The Bertz CT molecular complexity index is 381. The molecular weight excluding hydrogens is 273 g/mol. The van der Waals surface area contributed by atoms with E-state index in [1.807, 2.05) is 13.8 Å². The average molecular weight is 288 g/mol. The van der Waals surface area contributed by atoms with Gasteiger partial charge in [0, 0.05) is 18.7 Å². The molecule has 0 bridgehead atoms. The molecule has 1 amide bonds. The lowest BCUT2D eigenvalue weighted by atomic mass is 10.2. The van der Waals surface area contributed by atoms with Crippen LogP contribution in [0.1, 0.15) is 30.6 Å². The Hall–Kier alpha value is -0.900. The van der Waals surface area contributed by atoms with Gasteiger partial charge in [-0.2, -0.15) is 0 Å². The van der Waals surface area contributed by atoms with E-state index in [1.54, 1.807) is 4.90 Å². The van der Waals surface area contributed by atoms with Gasteiger partial charge in [-0.3, -0.25) is 4.79 Å². The molecule has 1 aromatic carbocycles. The number of amides is 1. The lowest BCUT2D eigenvalue weighted by Gasteiger charge is -2.20. The molecule has 0 fully saturated rings. The van der Waals surface area contributed by atoms with Crippen LogP contribution < -0.4 is 0 Å². The fourth-order valence-electron chi connectivity index (χ4n) is 1.48. The van der Waals surface area contributed by atoms with Crippen molar-refractivity contribution < 1.29 is 9.18 Å². The average Bonchev–Trinajstić information content (AvgIpc) is 2.28. The van der Waals surface area contributed by atoms with Crippen LogP contribution in [0.25, 0.3) is 0 Å². The van der Waals surface area contributed by atoms with Crippen LogP contribution in [-0.2, 0) is 0 Å². The number of rotatable bonds is 4. The number of carbonyl (C=O) groups excluding carboxylic acids is 1. The van der Waals surface area contributed by atoms with Crippen LogP contribution in [0.15, 0.2) is 22.7 Å². The summed E-state index contributed by atoms with van der Waals surface area (Å²) in [7, 11) is 0. The topological polar surface area (TPSA) is 20.3 Å². The van der Waals surface area contributed by atoms with Gasteiger partial charge in [0.1, 0.15) is 5.82 Å². The fourth-order valence-corrected chi connectivity index (χ4v) is 1.86. The van der Waals surface area contributed by atoms with Crippen LogP contribution in [0.3, 0.4) is 0 Å². The van der Waals surface area contributed by atoms with E-state index in [9.17, 15) is 9.18 Å². The molecule has 0 spiro atoms. The lowest BCUT2D eigenvalue weighted by molar-refractivity contribution is 0.0764. The maximum absolute atomic E-state index is 13.0. The zero-order chi connectivity index (χ0) is 12.1. The molecule has 1 rings (SSSR count). The summed E-state index contributed by atoms with van der Waals surface area (Å²) < 4.78 is 13.3. The maximum Gasteiger partial charge on any atom is 0.253 e. The van der Waals surface area contributed by atoms with Crippen molar-refractivity contribution in [3.05, 3.63) is 34.1 Å². The predicted molar refractivity (Wildman–Crippen MR) is 66.0 cm³/mol. The summed E-state index contributed by atoms with van der Waals surface area (Å²) in [6, 6.07) is 4.34. The quantitative estimate of drug-likeness (QED) is 0.831. The molecule has 0 atom stereocenters. The minimum atomic E-state index is -0.352. The Morgan fingerprint density at radius 1 is 1.44 bits per heavy atom. The zero-order valence-electron chi connectivity index (χ0n) is 9.46. The number of hydrogen-bond acceptors (Lipinski definition) is 1. The second kappa shape index (κ2) is 5.99. The van der Waals surface area contributed by atoms with Crippen molar-refractivity contribution in [1.29, 1.82) is 0 Å². The molecule has 0 aliphatic heterocycles. The first kappa shape index (κ1) is 13.2. The van der Waals surface area contributed by atoms with Crippen molar-refractivity contribution in [2.24, 2.45) is 0 Å². The lowest BCUT2D eigenvalue weighted by Crippen LogP contribution is -2.31. The van der Waals surface area contributed by atoms with E-state index in [4.69, 9.17) is 0 Å². The Morgan fingerprint density at radius 3 is 2.62 bits per heavy atom. The third kappa shape index (κ3) is 3.04. The Labute approximate surface area is 104 Å². The minimum Gasteiger partial charge on any atom is -0.339 e. The van der Waals surface area contributed by atoms with E-state index >= 15 is 0 Å². The fraction of sp³-hybridized carbons (Fsp3) is 0.417. The SMILES string of the molecule is CCCN(CC)C(=O)c1ccc(F)c(Br)c1. The van der Waals surface area contributed by atoms with Crippen LogP contribution >= 0.6 is 15.9 Å². The van der Waals surface area contributed by atoms with Crippen molar-refractivity contribution in [1.82, 2.24) is 4.90 Å². The largest absolute Gasteiger partial charge is 0.339 e. The Morgan fingerprint density at radius 2 is 2.12 bits per heavy atom. The highest BCUT2D eigenvalue weighted by molar-refractivity contribution is 9.10. The third-order valence-corrected chi connectivity index (χ3v) is 2.94. The molecule has 16 heavy (non-hydrogen) atoms. The normalized spacial score (nSPS) is 10.2. The minimum absolute atomic E-state index is 0.0509. The van der Waals surface area contributed by atoms with Gasteiger partial charge in [-0.05, 0) is 47.5 Å². The van der Waals surface area contributed by atoms with Crippen LogP contribution in [0.2, 0.25) is 0 Å². The second-order valence-corrected chi connectivity index (χ2v) is 4.37. The Balaban J connectivity index is 2.90. The van der Waals surface area contributed by atoms with Gasteiger partial charge in [0.25, 0.3) is 5.91 Å². The summed E-state index contributed by atoms with van der Waals surface area (Å²) in [5.74, 6) is -0.403. The molecular formula is C12H15BrFNO. The van der Waals surface area contributed by atoms with Crippen LogP contribution in [-0.4, -0.2) is 23.9 Å². The number of benzene rings is 1. The molecule has 0 saturated carbocycles. The summed E-state index contributed by atoms with van der Waals surface area (Å²) in [6.07, 6.45) is 0.919. The molecule has 0 heterocycles. The van der Waals surface area contributed by atoms with Crippen LogP contribution in [0.4, 0.5) is 4.39 Å². The molecule has 0 aromatic heterocycles. The van der Waals surface area contributed by atoms with Crippen molar-refractivity contribution in [3.8, 4) is 0 Å². The van der Waals surface area contributed by atoms with E-state index in [0.717, 1.165) is 13.0 Å². The monoisotopic (exact) mass is 287 g/mol. The molecule has 2 nitrogen and oxygen atoms in total. The third-order valence-electron chi connectivity index (χ3n) is 2.33. The number of halogens is 2. The van der Waals surface area contributed by atoms with E-state index < -0.39 is 0 Å². The molecule has 88 valence electrons. The number of hydrogen-bond donors (Lipinski definition) is 0. The molecule has 0 unspecified atom stereocenters. The summed E-state index contributed by atoms with van der Waals surface area (Å²) in [5.41, 5.74) is 0.517. The smallest absolute Gasteiger partial charge is 0.253 e. The molecule has 0 aliphatic rings. The highest BCUT2D eigenvalue weighted by Crippen LogP contribution is 2.18. The van der Waals surface area contributed by atoms with Gasteiger partial charge in [0.15, 0.2) is 0 Å². The van der Waals surface area contributed by atoms with Crippen LogP contribution in [0, 0.1) is 5.82 Å². The Kier molecular flexibility index (Phi) is 4.93. The molecule has 0 radical (unpaired) electrons. The van der Waals surface area contributed by atoms with Crippen molar-refractivity contribution in [3.63, 3.8) is 0 Å². The van der Waals surface area contributed by atoms with Crippen molar-refractivity contribution in [2.45, 2.75) is 20.3 Å². The van der Waals surface area contributed by atoms with Gasteiger partial charge in [0.05, 0.1) is 4.47 Å². The highest BCUT2D eigenvalue weighted by atomic mass is 79.9. The molecule has 0 N–H and O–H groups in total. The second-order valence-electron chi connectivity index (χ2n) is 3.51. The molecule has 1 aromatic rings. The zero-order valence-corrected chi connectivity index (χ0v) is 11.1. The van der Waals surface area contributed by atoms with E-state index in [-0.39, 0.29) is 11.7 Å². The first-order chi connectivity index (χ1) is 7.60. The first-order valence-corrected chi connectivity index (χ1v) is 6.13. The summed E-state index contributed by atoms with van der Waals surface area (Å²) in [4.78, 5) is 13.8. The summed E-state index contributed by atoms with van der Waals surface area (Å²) in [6.45, 7) is 5.36. The van der Waals surface area contributed by atoms with E-state index in [0.29, 0.717) is 16.6 Å². The number of nitrogens with zero attached hydrogens (tertiary/aromatic N) is 1. The van der Waals surface area contributed by atoms with Crippen molar-refractivity contribution >= 4 is 21.8 Å². The highest BCUT2D eigenvalue weighted by Gasteiger charge is 2.14. The number of carbonyl (C=O) groups is 1. The summed E-state index contributed by atoms with van der Waals surface area (Å²) >= 11 is 3.08. The van der Waals surface area contributed by atoms with Crippen molar-refractivity contribution in [2.75, 3.05) is 13.1 Å². The van der Waals surface area contributed by atoms with Crippen LogP contribution in [0.5, 0.6) is 0 Å². The first-order valence-electron chi connectivity index (χ1n) is 5.34. The maximum atomic E-state index is 13.0. The van der Waals surface area contributed by atoms with E-state index in [2.05, 4.69) is 15.9 Å². The van der Waals surface area contributed by atoms with Gasteiger partial charge < -0.3 is 4.90 Å². The molecule has 4 heteroatoms. The predicted octanol–water partition coefficient (Wildman–Crippen LogP) is 3.46. The van der Waals surface area contributed by atoms with Gasteiger partial charge in [0.2, 0.25) is 0 Å². The van der Waals surface area contributed by atoms with Gasteiger partial charge >= 0.3 is 0 Å². The van der Waals surface area contributed by atoms with E-state index in [1.165, 1.54) is 18.2 Å².